The smallest absolute Gasteiger partial charge is 0.491 e. The first-order chi connectivity index (χ1) is 20.4. The Morgan fingerprint density at radius 3 is 2.28 bits per heavy atom. The molecule has 1 unspecified atom stereocenters. The predicted octanol–water partition coefficient (Wildman–Crippen LogP) is 4.10. The van der Waals surface area contributed by atoms with Gasteiger partial charge in [-0.15, -0.1) is 0 Å². The van der Waals surface area contributed by atoms with Crippen molar-refractivity contribution in [3.05, 3.63) is 36.0 Å². The van der Waals surface area contributed by atoms with Crippen molar-refractivity contribution in [3.63, 3.8) is 0 Å². The molecule has 0 fully saturated rings. The van der Waals surface area contributed by atoms with Crippen LogP contribution in [0.4, 0.5) is 25.1 Å². The summed E-state index contributed by atoms with van der Waals surface area (Å²) in [5.41, 5.74) is 1.22. The second kappa shape index (κ2) is 13.2. The first kappa shape index (κ1) is 31.4. The number of halogens is 3. The number of anilines is 2. The molecule has 43 heavy (non-hydrogen) atoms. The second-order valence-corrected chi connectivity index (χ2v) is 9.74. The molecular weight excluding hydrogens is 573 g/mol. The highest BCUT2D eigenvalue weighted by molar-refractivity contribution is 5.90. The molecule has 0 saturated heterocycles. The van der Waals surface area contributed by atoms with E-state index in [2.05, 4.69) is 35.3 Å². The van der Waals surface area contributed by atoms with Crippen LogP contribution in [0.5, 0.6) is 23.1 Å². The Kier molecular flexibility index (Phi) is 9.66. The molecule has 0 amide bonds. The van der Waals surface area contributed by atoms with Crippen molar-refractivity contribution in [2.24, 2.45) is 5.92 Å². The van der Waals surface area contributed by atoms with Gasteiger partial charge in [0.2, 0.25) is 17.8 Å². The maximum absolute atomic E-state index is 13.1. The number of aromatic nitrogens is 4. The highest BCUT2D eigenvalue weighted by Crippen LogP contribution is 2.34. The minimum absolute atomic E-state index is 0.0106. The van der Waals surface area contributed by atoms with Crippen LogP contribution in [0.1, 0.15) is 19.5 Å². The number of benzene rings is 2. The number of carbonyl (C=O) groups is 1. The Bertz CT molecular complexity index is 1620. The molecule has 0 bridgehead atoms. The zero-order valence-electron chi connectivity index (χ0n) is 24.1. The number of hydrogen-bond donors (Lipinski definition) is 3. The summed E-state index contributed by atoms with van der Waals surface area (Å²) < 4.78 is 60.4. The maximum Gasteiger partial charge on any atom is 0.491 e. The Balaban J connectivity index is 1.65. The Morgan fingerprint density at radius 2 is 1.63 bits per heavy atom. The fourth-order valence-electron chi connectivity index (χ4n) is 4.14. The molecule has 0 aliphatic carbocycles. The lowest BCUT2D eigenvalue weighted by molar-refractivity contribution is -0.189. The number of methoxy groups -OCH3 is 2. The van der Waals surface area contributed by atoms with Crippen molar-refractivity contribution < 1.29 is 42.0 Å². The fourth-order valence-corrected chi connectivity index (χ4v) is 4.14. The molecular formula is C28H31F3N6O6. The van der Waals surface area contributed by atoms with Gasteiger partial charge in [0, 0.05) is 24.0 Å². The van der Waals surface area contributed by atoms with Gasteiger partial charge in [0.25, 0.3) is 0 Å². The highest BCUT2D eigenvalue weighted by atomic mass is 19.4. The molecule has 15 heteroatoms. The van der Waals surface area contributed by atoms with E-state index in [0.29, 0.717) is 34.6 Å². The number of aliphatic hydroxyl groups is 1. The number of hydrogen-bond acceptors (Lipinski definition) is 12. The van der Waals surface area contributed by atoms with Gasteiger partial charge in [-0.05, 0) is 37.1 Å². The van der Waals surface area contributed by atoms with Crippen LogP contribution in [0.3, 0.4) is 0 Å². The number of nitrogens with zero attached hydrogens (tertiary/aromatic N) is 4. The van der Waals surface area contributed by atoms with Crippen molar-refractivity contribution in [2.75, 3.05) is 39.3 Å². The Morgan fingerprint density at radius 1 is 0.953 bits per heavy atom. The average molecular weight is 605 g/mol. The first-order valence-electron chi connectivity index (χ1n) is 13.2. The van der Waals surface area contributed by atoms with Crippen LogP contribution in [0.15, 0.2) is 30.3 Å². The van der Waals surface area contributed by atoms with E-state index in [0.717, 1.165) is 0 Å². The van der Waals surface area contributed by atoms with E-state index >= 15 is 0 Å². The maximum atomic E-state index is 13.1. The Hall–Kier alpha value is -4.50. The molecule has 0 spiro atoms. The van der Waals surface area contributed by atoms with Gasteiger partial charge in [-0.25, -0.2) is 19.7 Å². The zero-order chi connectivity index (χ0) is 31.3. The van der Waals surface area contributed by atoms with Gasteiger partial charge in [0.15, 0.2) is 11.5 Å². The molecule has 3 N–H and O–H groups in total. The SMILES string of the molecule is COc1cc2nc(Nc3nc(OC(=O)C(F)(F)F)c4cc(OCCNC(CO)C(C)C)ccc4n3)nc(C)c2cc1OC. The molecule has 0 saturated carbocycles. The van der Waals surface area contributed by atoms with Crippen LogP contribution >= 0.6 is 0 Å². The van der Waals surface area contributed by atoms with Gasteiger partial charge in [-0.1, -0.05) is 13.8 Å². The fraction of sp³-hybridized carbons (Fsp3) is 0.393. The number of carbonyl (C=O) groups excluding carboxylic acids is 1. The number of esters is 1. The number of fused-ring (bicyclic) bond motifs is 2. The van der Waals surface area contributed by atoms with Gasteiger partial charge in [-0.3, -0.25) is 5.32 Å². The largest absolute Gasteiger partial charge is 0.493 e. The van der Waals surface area contributed by atoms with E-state index in [1.54, 1.807) is 25.1 Å². The summed E-state index contributed by atoms with van der Waals surface area (Å²) in [7, 11) is 2.99. The topological polar surface area (TPSA) is 150 Å². The lowest BCUT2D eigenvalue weighted by Crippen LogP contribution is -2.39. The normalized spacial score (nSPS) is 12.4. The predicted molar refractivity (Wildman–Crippen MR) is 151 cm³/mol. The summed E-state index contributed by atoms with van der Waals surface area (Å²) in [6, 6.07) is 7.68. The van der Waals surface area contributed by atoms with Crippen LogP contribution < -0.4 is 29.6 Å². The van der Waals surface area contributed by atoms with Crippen LogP contribution in [-0.4, -0.2) is 77.2 Å². The molecule has 230 valence electrons. The highest BCUT2D eigenvalue weighted by Gasteiger charge is 2.42. The molecule has 4 rings (SSSR count). The third-order valence-corrected chi connectivity index (χ3v) is 6.45. The zero-order valence-corrected chi connectivity index (χ0v) is 24.1. The van der Waals surface area contributed by atoms with Crippen molar-refractivity contribution in [1.82, 2.24) is 25.3 Å². The number of nitrogens with one attached hydrogen (secondary N) is 2. The summed E-state index contributed by atoms with van der Waals surface area (Å²) in [4.78, 5) is 29.0. The average Bonchev–Trinajstić information content (AvgIpc) is 2.96. The molecule has 1 atom stereocenters. The van der Waals surface area contributed by atoms with E-state index in [9.17, 15) is 23.1 Å². The monoisotopic (exact) mass is 604 g/mol. The van der Waals surface area contributed by atoms with Crippen molar-refractivity contribution in [1.29, 1.82) is 0 Å². The summed E-state index contributed by atoms with van der Waals surface area (Å²) >= 11 is 0. The third kappa shape index (κ3) is 7.48. The number of aryl methyl sites for hydroxylation is 1. The first-order valence-corrected chi connectivity index (χ1v) is 13.2. The minimum Gasteiger partial charge on any atom is -0.493 e. The molecule has 0 radical (unpaired) electrons. The molecule has 12 nitrogen and oxygen atoms in total. The van der Waals surface area contributed by atoms with Gasteiger partial charge in [0.05, 0.1) is 42.9 Å². The van der Waals surface area contributed by atoms with Crippen molar-refractivity contribution >= 4 is 39.7 Å². The lowest BCUT2D eigenvalue weighted by Gasteiger charge is -2.20. The number of ether oxygens (including phenoxy) is 4. The molecule has 2 aromatic heterocycles. The summed E-state index contributed by atoms with van der Waals surface area (Å²) in [5, 5.41) is 16.1. The third-order valence-electron chi connectivity index (χ3n) is 6.45. The van der Waals surface area contributed by atoms with Crippen LogP contribution in [0, 0.1) is 12.8 Å². The second-order valence-electron chi connectivity index (χ2n) is 9.74. The Labute approximate surface area is 244 Å². The van der Waals surface area contributed by atoms with Gasteiger partial charge >= 0.3 is 12.1 Å². The summed E-state index contributed by atoms with van der Waals surface area (Å²) in [6.07, 6.45) is -5.26. The molecule has 0 aliphatic rings. The van der Waals surface area contributed by atoms with Crippen molar-refractivity contribution in [3.8, 4) is 23.1 Å². The standard InChI is InChI=1S/C28H31F3N6O6/c1-14(2)21(13-38)32-8-9-42-16-6-7-19-18(10-16)24(43-25(39)28(29,30)31)36-27(34-19)37-26-33-15(3)17-11-22(40-4)23(41-5)12-20(17)35-26/h6-7,10-12,14,21,32,38H,8-9,13H2,1-5H3,(H,33,34,35,36,37). The number of alkyl halides is 3. The van der Waals surface area contributed by atoms with Crippen LogP contribution in [0.2, 0.25) is 0 Å². The molecule has 0 aliphatic heterocycles. The summed E-state index contributed by atoms with van der Waals surface area (Å²) in [5.74, 6) is -1.85. The molecule has 2 heterocycles. The lowest BCUT2D eigenvalue weighted by atomic mass is 10.1. The van der Waals surface area contributed by atoms with E-state index in [4.69, 9.17) is 14.2 Å². The minimum atomic E-state index is -5.26. The number of aliphatic hydroxyl groups excluding tert-OH is 1. The van der Waals surface area contributed by atoms with E-state index in [1.165, 1.54) is 26.4 Å². The van der Waals surface area contributed by atoms with Crippen molar-refractivity contribution in [2.45, 2.75) is 33.0 Å². The molecule has 2 aromatic carbocycles. The summed E-state index contributed by atoms with van der Waals surface area (Å²) in [6.45, 7) is 6.23. The van der Waals surface area contributed by atoms with E-state index in [-0.39, 0.29) is 53.7 Å². The van der Waals surface area contributed by atoms with E-state index in [1.807, 2.05) is 13.8 Å². The quantitative estimate of drug-likeness (QED) is 0.158. The number of rotatable bonds is 12. The van der Waals surface area contributed by atoms with E-state index < -0.39 is 18.0 Å². The molecule has 4 aromatic rings. The van der Waals surface area contributed by atoms with Gasteiger partial charge in [0.1, 0.15) is 12.4 Å². The van der Waals surface area contributed by atoms with Gasteiger partial charge in [-0.2, -0.15) is 18.2 Å². The van der Waals surface area contributed by atoms with Crippen LogP contribution in [-0.2, 0) is 4.79 Å². The van der Waals surface area contributed by atoms with Crippen LogP contribution in [0.25, 0.3) is 21.8 Å². The van der Waals surface area contributed by atoms with Gasteiger partial charge < -0.3 is 29.4 Å².